The van der Waals surface area contributed by atoms with E-state index in [2.05, 4.69) is 13.8 Å². The Labute approximate surface area is 83.1 Å². The maximum absolute atomic E-state index is 5.72. The number of rotatable bonds is 2. The summed E-state index contributed by atoms with van der Waals surface area (Å²) < 4.78 is 5.38. The minimum Gasteiger partial charge on any atom is -0.449 e. The van der Waals surface area contributed by atoms with E-state index in [1.54, 1.807) is 6.07 Å². The van der Waals surface area contributed by atoms with Crippen molar-refractivity contribution >= 4 is 11.6 Å². The molecule has 0 saturated heterocycles. The predicted octanol–water partition coefficient (Wildman–Crippen LogP) is 2.63. The van der Waals surface area contributed by atoms with Gasteiger partial charge >= 0.3 is 0 Å². The van der Waals surface area contributed by atoms with Gasteiger partial charge in [-0.3, -0.25) is 0 Å². The van der Waals surface area contributed by atoms with Crippen molar-refractivity contribution in [2.45, 2.75) is 19.8 Å². The van der Waals surface area contributed by atoms with E-state index >= 15 is 0 Å². The van der Waals surface area contributed by atoms with Gasteiger partial charge in [0, 0.05) is 5.92 Å². The van der Waals surface area contributed by atoms with E-state index in [4.69, 9.17) is 21.8 Å². The highest BCUT2D eigenvalue weighted by Gasteiger charge is 2.58. The maximum atomic E-state index is 5.72. The van der Waals surface area contributed by atoms with Crippen molar-refractivity contribution in [1.82, 2.24) is 0 Å². The summed E-state index contributed by atoms with van der Waals surface area (Å²) in [6.07, 6.45) is 0. The van der Waals surface area contributed by atoms with Gasteiger partial charge in [0.25, 0.3) is 0 Å². The van der Waals surface area contributed by atoms with Crippen LogP contribution < -0.4 is 5.73 Å². The fourth-order valence-electron chi connectivity index (χ4n) is 2.24. The lowest BCUT2D eigenvalue weighted by Gasteiger charge is -1.98. The highest BCUT2D eigenvalue weighted by atomic mass is 35.5. The van der Waals surface area contributed by atoms with E-state index < -0.39 is 0 Å². The molecular weight excluding hydrogens is 186 g/mol. The van der Waals surface area contributed by atoms with Crippen molar-refractivity contribution in [3.05, 3.63) is 23.1 Å². The molecule has 1 aromatic heterocycles. The molecule has 1 aliphatic rings. The summed E-state index contributed by atoms with van der Waals surface area (Å²) in [7, 11) is 0. The van der Waals surface area contributed by atoms with E-state index in [-0.39, 0.29) is 5.41 Å². The minimum atomic E-state index is 0.274. The lowest BCUT2D eigenvalue weighted by molar-refractivity contribution is 0.483. The first kappa shape index (κ1) is 9.10. The highest BCUT2D eigenvalue weighted by molar-refractivity contribution is 6.28. The Morgan fingerprint density at radius 1 is 1.54 bits per heavy atom. The van der Waals surface area contributed by atoms with Gasteiger partial charge in [-0.15, -0.1) is 0 Å². The molecule has 1 fully saturated rings. The monoisotopic (exact) mass is 199 g/mol. The maximum Gasteiger partial charge on any atom is 0.193 e. The van der Waals surface area contributed by atoms with Crippen molar-refractivity contribution in [2.24, 2.45) is 17.1 Å². The zero-order valence-corrected chi connectivity index (χ0v) is 8.64. The molecule has 0 unspecified atom stereocenters. The van der Waals surface area contributed by atoms with Gasteiger partial charge in [0.15, 0.2) is 5.22 Å². The predicted molar refractivity (Wildman–Crippen MR) is 52.8 cm³/mol. The van der Waals surface area contributed by atoms with Crippen molar-refractivity contribution in [2.75, 3.05) is 6.54 Å². The number of furan rings is 1. The van der Waals surface area contributed by atoms with Gasteiger partial charge in [-0.2, -0.15) is 0 Å². The number of halogens is 1. The molecule has 0 spiro atoms. The lowest BCUT2D eigenvalue weighted by Crippen LogP contribution is -2.05. The summed E-state index contributed by atoms with van der Waals surface area (Å²) in [6.45, 7) is 5.15. The van der Waals surface area contributed by atoms with E-state index in [0.717, 1.165) is 12.3 Å². The van der Waals surface area contributed by atoms with Crippen LogP contribution in [0.1, 0.15) is 25.5 Å². The molecule has 0 amide bonds. The summed E-state index contributed by atoms with van der Waals surface area (Å²) in [5, 5.41) is 0.466. The second-order valence-electron chi connectivity index (χ2n) is 4.28. The molecule has 2 N–H and O–H groups in total. The second-order valence-corrected chi connectivity index (χ2v) is 4.66. The number of hydrogen-bond acceptors (Lipinski definition) is 2. The summed E-state index contributed by atoms with van der Waals surface area (Å²) in [4.78, 5) is 0. The minimum absolute atomic E-state index is 0.274. The van der Waals surface area contributed by atoms with Crippen molar-refractivity contribution < 1.29 is 4.42 Å². The first-order chi connectivity index (χ1) is 6.07. The van der Waals surface area contributed by atoms with Crippen LogP contribution in [0.4, 0.5) is 0 Å². The van der Waals surface area contributed by atoms with E-state index in [1.165, 1.54) is 0 Å². The molecule has 0 aromatic carbocycles. The van der Waals surface area contributed by atoms with Gasteiger partial charge < -0.3 is 10.2 Å². The second kappa shape index (κ2) is 2.76. The zero-order valence-electron chi connectivity index (χ0n) is 7.88. The normalized spacial score (nSPS) is 30.5. The molecule has 2 atom stereocenters. The van der Waals surface area contributed by atoms with Crippen LogP contribution in [-0.2, 0) is 0 Å². The largest absolute Gasteiger partial charge is 0.449 e. The van der Waals surface area contributed by atoms with Crippen molar-refractivity contribution in [1.29, 1.82) is 0 Å². The third kappa shape index (κ3) is 1.29. The summed E-state index contributed by atoms with van der Waals surface area (Å²) in [5.74, 6) is 1.96. The quantitative estimate of drug-likeness (QED) is 0.796. The van der Waals surface area contributed by atoms with Gasteiger partial charge in [0.1, 0.15) is 5.76 Å². The van der Waals surface area contributed by atoms with Crippen LogP contribution in [0.25, 0.3) is 0 Å². The lowest BCUT2D eigenvalue weighted by atomic mass is 10.1. The molecule has 1 aromatic rings. The first-order valence-electron chi connectivity index (χ1n) is 4.52. The molecule has 1 aliphatic carbocycles. The third-order valence-corrected chi connectivity index (χ3v) is 3.41. The average Bonchev–Trinajstić information content (AvgIpc) is 2.41. The van der Waals surface area contributed by atoms with Crippen molar-refractivity contribution in [3.63, 3.8) is 0 Å². The van der Waals surface area contributed by atoms with Gasteiger partial charge in [0.2, 0.25) is 0 Å². The first-order valence-corrected chi connectivity index (χ1v) is 4.90. The van der Waals surface area contributed by atoms with Gasteiger partial charge in [0.05, 0.1) is 0 Å². The van der Waals surface area contributed by atoms with Crippen molar-refractivity contribution in [3.8, 4) is 0 Å². The van der Waals surface area contributed by atoms with Crippen LogP contribution in [0, 0.1) is 11.3 Å². The molecule has 1 saturated carbocycles. The summed E-state index contributed by atoms with van der Waals surface area (Å²) in [6, 6.07) is 3.74. The molecular formula is C10H14ClNO. The Kier molecular flexibility index (Phi) is 1.93. The van der Waals surface area contributed by atoms with Crippen LogP contribution >= 0.6 is 11.6 Å². The molecule has 0 aliphatic heterocycles. The fraction of sp³-hybridized carbons (Fsp3) is 0.600. The SMILES string of the molecule is CC1(C)[C@@H](CN)[C@@H]1c1ccc(Cl)o1. The van der Waals surface area contributed by atoms with E-state index in [0.29, 0.717) is 17.1 Å². The molecule has 0 radical (unpaired) electrons. The summed E-state index contributed by atoms with van der Waals surface area (Å²) in [5.41, 5.74) is 5.94. The van der Waals surface area contributed by atoms with E-state index in [9.17, 15) is 0 Å². The summed E-state index contributed by atoms with van der Waals surface area (Å²) >= 11 is 5.72. The van der Waals surface area contributed by atoms with Crippen LogP contribution in [0.2, 0.25) is 5.22 Å². The molecule has 2 rings (SSSR count). The van der Waals surface area contributed by atoms with Crippen LogP contribution in [0.5, 0.6) is 0 Å². The van der Waals surface area contributed by atoms with E-state index in [1.807, 2.05) is 6.07 Å². The zero-order chi connectivity index (χ0) is 9.64. The Hall–Kier alpha value is -0.470. The van der Waals surface area contributed by atoms with Crippen LogP contribution in [0.3, 0.4) is 0 Å². The van der Waals surface area contributed by atoms with Crippen LogP contribution in [0.15, 0.2) is 16.5 Å². The Morgan fingerprint density at radius 2 is 2.23 bits per heavy atom. The topological polar surface area (TPSA) is 39.2 Å². The Balaban J connectivity index is 2.21. The molecule has 2 nitrogen and oxygen atoms in total. The average molecular weight is 200 g/mol. The smallest absolute Gasteiger partial charge is 0.193 e. The van der Waals surface area contributed by atoms with Gasteiger partial charge in [-0.1, -0.05) is 13.8 Å². The molecule has 72 valence electrons. The number of hydrogen-bond donors (Lipinski definition) is 1. The Morgan fingerprint density at radius 3 is 2.62 bits per heavy atom. The third-order valence-electron chi connectivity index (χ3n) is 3.20. The molecule has 13 heavy (non-hydrogen) atoms. The Bertz CT molecular complexity index is 318. The molecule has 1 heterocycles. The fourth-order valence-corrected chi connectivity index (χ4v) is 2.40. The van der Waals surface area contributed by atoms with Gasteiger partial charge in [-0.25, -0.2) is 0 Å². The standard InChI is InChI=1S/C10H14ClNO/c1-10(2)6(5-12)9(10)7-3-4-8(11)13-7/h3-4,6,9H,5,12H2,1-2H3/t6-,9+/m0/s1. The number of nitrogens with two attached hydrogens (primary N) is 1. The highest BCUT2D eigenvalue weighted by Crippen LogP contribution is 2.64. The molecule has 0 bridgehead atoms. The molecule has 3 heteroatoms. The van der Waals surface area contributed by atoms with Gasteiger partial charge in [-0.05, 0) is 41.6 Å². The van der Waals surface area contributed by atoms with Crippen LogP contribution in [-0.4, -0.2) is 6.54 Å².